The van der Waals surface area contributed by atoms with Crippen molar-refractivity contribution < 1.29 is 18.7 Å². The molecule has 5 rings (SSSR count). The number of thioether (sulfide) groups is 1. The number of aromatic nitrogens is 3. The molecular weight excluding hydrogens is 466 g/mol. The maximum absolute atomic E-state index is 12.8. The van der Waals surface area contributed by atoms with Gasteiger partial charge in [0.2, 0.25) is 18.6 Å². The van der Waals surface area contributed by atoms with E-state index in [9.17, 15) is 10.1 Å². The van der Waals surface area contributed by atoms with Crippen LogP contribution in [0.2, 0.25) is 0 Å². The standard InChI is InChI=1S/C25H21N5O4S/c1-15-16(2)30(12-17-6-4-3-5-7-17)23(19(15)11-26)27-22(31)13-35-25-29-28-24(34-25)18-8-9-20-21(10-18)33-14-32-20/h3-10H,12-14H2,1-2H3,(H,27,31). The van der Waals surface area contributed by atoms with Crippen LogP contribution in [0.15, 0.2) is 58.2 Å². The van der Waals surface area contributed by atoms with Gasteiger partial charge in [0.1, 0.15) is 11.9 Å². The Balaban J connectivity index is 1.28. The van der Waals surface area contributed by atoms with Crippen LogP contribution >= 0.6 is 11.8 Å². The molecule has 1 N–H and O–H groups in total. The van der Waals surface area contributed by atoms with Crippen LogP contribution in [-0.4, -0.2) is 33.2 Å². The summed E-state index contributed by atoms with van der Waals surface area (Å²) < 4.78 is 18.4. The van der Waals surface area contributed by atoms with Gasteiger partial charge in [-0.2, -0.15) is 5.26 Å². The highest BCUT2D eigenvalue weighted by Crippen LogP contribution is 2.36. The zero-order valence-corrected chi connectivity index (χ0v) is 19.9. The number of hydrogen-bond donors (Lipinski definition) is 1. The number of carbonyl (C=O) groups excluding carboxylic acids is 1. The van der Waals surface area contributed by atoms with E-state index in [4.69, 9.17) is 13.9 Å². The van der Waals surface area contributed by atoms with Crippen LogP contribution < -0.4 is 14.8 Å². The Morgan fingerprint density at radius 1 is 1.14 bits per heavy atom. The quantitative estimate of drug-likeness (QED) is 0.378. The molecule has 0 bridgehead atoms. The molecule has 2 aromatic heterocycles. The van der Waals surface area contributed by atoms with Crippen LogP contribution in [0.1, 0.15) is 22.4 Å². The van der Waals surface area contributed by atoms with E-state index in [1.54, 1.807) is 18.2 Å². The molecule has 1 amide bonds. The molecular formula is C25H21N5O4S. The van der Waals surface area contributed by atoms with Crippen LogP contribution in [0, 0.1) is 25.2 Å². The molecule has 0 aliphatic carbocycles. The molecule has 35 heavy (non-hydrogen) atoms. The fourth-order valence-electron chi connectivity index (χ4n) is 3.80. The van der Waals surface area contributed by atoms with Crippen LogP contribution in [-0.2, 0) is 11.3 Å². The van der Waals surface area contributed by atoms with E-state index in [-0.39, 0.29) is 23.7 Å². The number of nitriles is 1. The lowest BCUT2D eigenvalue weighted by molar-refractivity contribution is -0.113. The van der Waals surface area contributed by atoms with E-state index in [2.05, 4.69) is 21.6 Å². The average molecular weight is 488 g/mol. The first-order chi connectivity index (χ1) is 17.0. The molecule has 0 unspecified atom stereocenters. The minimum absolute atomic E-state index is 0.0439. The highest BCUT2D eigenvalue weighted by molar-refractivity contribution is 7.99. The normalized spacial score (nSPS) is 11.9. The first-order valence-electron chi connectivity index (χ1n) is 10.8. The number of nitrogens with one attached hydrogen (secondary N) is 1. The van der Waals surface area contributed by atoms with Gasteiger partial charge in [0.25, 0.3) is 5.22 Å². The maximum Gasteiger partial charge on any atom is 0.277 e. The van der Waals surface area contributed by atoms with Gasteiger partial charge in [-0.25, -0.2) is 0 Å². The Hall–Kier alpha value is -4.23. The fraction of sp³-hybridized carbons (Fsp3) is 0.200. The number of rotatable bonds is 7. The first kappa shape index (κ1) is 22.6. The monoisotopic (exact) mass is 487 g/mol. The van der Waals surface area contributed by atoms with E-state index >= 15 is 0 Å². The number of benzene rings is 2. The molecule has 1 aliphatic rings. The second-order valence-corrected chi connectivity index (χ2v) is 8.82. The third kappa shape index (κ3) is 4.58. The van der Waals surface area contributed by atoms with Crippen molar-refractivity contribution in [3.8, 4) is 29.0 Å². The number of amides is 1. The third-order valence-corrected chi connectivity index (χ3v) is 6.55. The topological polar surface area (TPSA) is 115 Å². The highest BCUT2D eigenvalue weighted by Gasteiger charge is 2.21. The van der Waals surface area contributed by atoms with E-state index in [0.717, 1.165) is 28.6 Å². The summed E-state index contributed by atoms with van der Waals surface area (Å²) in [6.45, 7) is 4.55. The largest absolute Gasteiger partial charge is 0.454 e. The van der Waals surface area contributed by atoms with Crippen LogP contribution in [0.25, 0.3) is 11.5 Å². The fourth-order valence-corrected chi connectivity index (χ4v) is 4.37. The van der Waals surface area contributed by atoms with Crippen molar-refractivity contribution in [2.75, 3.05) is 17.9 Å². The molecule has 176 valence electrons. The molecule has 0 spiro atoms. The van der Waals surface area contributed by atoms with Gasteiger partial charge in [-0.05, 0) is 43.2 Å². The lowest BCUT2D eigenvalue weighted by Gasteiger charge is -2.13. The average Bonchev–Trinajstić information content (AvgIpc) is 3.59. The van der Waals surface area contributed by atoms with Crippen molar-refractivity contribution in [2.45, 2.75) is 25.6 Å². The number of nitrogens with zero attached hydrogens (tertiary/aromatic N) is 4. The number of fused-ring (bicyclic) bond motifs is 1. The highest BCUT2D eigenvalue weighted by atomic mass is 32.2. The zero-order chi connectivity index (χ0) is 24.4. The molecule has 0 saturated carbocycles. The first-order valence-corrected chi connectivity index (χ1v) is 11.8. The van der Waals surface area contributed by atoms with E-state index < -0.39 is 0 Å². The third-order valence-electron chi connectivity index (χ3n) is 5.74. The molecule has 1 aliphatic heterocycles. The summed E-state index contributed by atoms with van der Waals surface area (Å²) in [6.07, 6.45) is 0. The van der Waals surface area contributed by atoms with E-state index in [1.807, 2.05) is 48.7 Å². The van der Waals surface area contributed by atoms with Gasteiger partial charge in [-0.15, -0.1) is 10.2 Å². The molecule has 9 nitrogen and oxygen atoms in total. The summed E-state index contributed by atoms with van der Waals surface area (Å²) in [5.41, 5.74) is 4.00. The molecule has 0 fully saturated rings. The Labute approximate surface area is 205 Å². The molecule has 10 heteroatoms. The number of ether oxygens (including phenoxy) is 2. The Bertz CT molecular complexity index is 1440. The second-order valence-electron chi connectivity index (χ2n) is 7.90. The molecule has 0 atom stereocenters. The van der Waals surface area contributed by atoms with Gasteiger partial charge in [0.05, 0.1) is 11.3 Å². The van der Waals surface area contributed by atoms with Gasteiger partial charge < -0.3 is 23.8 Å². The number of carbonyl (C=O) groups is 1. The van der Waals surface area contributed by atoms with Crippen molar-refractivity contribution in [1.82, 2.24) is 14.8 Å². The zero-order valence-electron chi connectivity index (χ0n) is 19.1. The summed E-state index contributed by atoms with van der Waals surface area (Å²) in [6, 6.07) is 17.5. The predicted octanol–water partition coefficient (Wildman–Crippen LogP) is 4.53. The maximum atomic E-state index is 12.8. The number of anilines is 1. The lowest BCUT2D eigenvalue weighted by atomic mass is 10.2. The smallest absolute Gasteiger partial charge is 0.277 e. The van der Waals surface area contributed by atoms with Gasteiger partial charge in [0, 0.05) is 17.8 Å². The lowest BCUT2D eigenvalue weighted by Crippen LogP contribution is -2.18. The van der Waals surface area contributed by atoms with Gasteiger partial charge >= 0.3 is 0 Å². The molecule has 3 heterocycles. The Morgan fingerprint density at radius 2 is 1.94 bits per heavy atom. The number of hydrogen-bond acceptors (Lipinski definition) is 8. The summed E-state index contributed by atoms with van der Waals surface area (Å²) in [4.78, 5) is 12.8. The van der Waals surface area contributed by atoms with Crippen molar-refractivity contribution >= 4 is 23.5 Å². The van der Waals surface area contributed by atoms with Gasteiger partial charge in [-0.3, -0.25) is 4.79 Å². The summed E-state index contributed by atoms with van der Waals surface area (Å²) in [7, 11) is 0. The van der Waals surface area contributed by atoms with Crippen molar-refractivity contribution in [3.05, 3.63) is 70.9 Å². The van der Waals surface area contributed by atoms with E-state index in [1.165, 1.54) is 0 Å². The van der Waals surface area contributed by atoms with Crippen molar-refractivity contribution in [3.63, 3.8) is 0 Å². The molecule has 4 aromatic rings. The second kappa shape index (κ2) is 9.56. The predicted molar refractivity (Wildman–Crippen MR) is 129 cm³/mol. The van der Waals surface area contributed by atoms with E-state index in [0.29, 0.717) is 40.9 Å². The SMILES string of the molecule is Cc1c(C#N)c(NC(=O)CSc2nnc(-c3ccc4c(c3)OCO4)o2)n(Cc2ccccc2)c1C. The van der Waals surface area contributed by atoms with Crippen molar-refractivity contribution in [2.24, 2.45) is 0 Å². The van der Waals surface area contributed by atoms with Gasteiger partial charge in [-0.1, -0.05) is 42.1 Å². The molecule has 0 radical (unpaired) electrons. The van der Waals surface area contributed by atoms with Crippen molar-refractivity contribution in [1.29, 1.82) is 5.26 Å². The van der Waals surface area contributed by atoms with Crippen LogP contribution in [0.4, 0.5) is 5.82 Å². The summed E-state index contributed by atoms with van der Waals surface area (Å²) in [5, 5.41) is 21.0. The van der Waals surface area contributed by atoms with Crippen LogP contribution in [0.3, 0.4) is 0 Å². The van der Waals surface area contributed by atoms with Crippen LogP contribution in [0.5, 0.6) is 11.5 Å². The molecule has 2 aromatic carbocycles. The summed E-state index contributed by atoms with van der Waals surface area (Å²) in [5.74, 6) is 1.86. The van der Waals surface area contributed by atoms with Gasteiger partial charge in [0.15, 0.2) is 11.5 Å². The Morgan fingerprint density at radius 3 is 2.74 bits per heavy atom. The molecule has 0 saturated heterocycles. The minimum Gasteiger partial charge on any atom is -0.454 e. The Kier molecular flexibility index (Phi) is 6.16. The minimum atomic E-state index is -0.277. The summed E-state index contributed by atoms with van der Waals surface area (Å²) >= 11 is 1.12.